The van der Waals surface area contributed by atoms with Crippen LogP contribution in [0, 0.1) is 0 Å². The molecule has 0 fully saturated rings. The molecular weight excluding hydrogens is 274 g/mol. The van der Waals surface area contributed by atoms with Gasteiger partial charge in [0.15, 0.2) is 0 Å². The number of hydrogen-bond donors (Lipinski definition) is 2. The number of anilines is 1. The van der Waals surface area contributed by atoms with E-state index in [2.05, 4.69) is 4.72 Å². The van der Waals surface area contributed by atoms with Crippen LogP contribution in [0.1, 0.15) is 11.1 Å². The van der Waals surface area contributed by atoms with Crippen molar-refractivity contribution in [2.24, 2.45) is 0 Å². The number of aliphatic hydroxyl groups excluding tert-OH is 1. The average Bonchev–Trinajstić information content (AvgIpc) is 2.46. The normalized spacial score (nSPS) is 11.7. The van der Waals surface area contributed by atoms with Crippen molar-refractivity contribution in [1.82, 2.24) is 0 Å². The lowest BCUT2D eigenvalue weighted by atomic mass is 10.2. The molecule has 20 heavy (non-hydrogen) atoms. The van der Waals surface area contributed by atoms with Crippen LogP contribution in [0.25, 0.3) is 6.08 Å². The fraction of sp³-hybridized carbons (Fsp3) is 0.0667. The van der Waals surface area contributed by atoms with Gasteiger partial charge in [-0.25, -0.2) is 8.42 Å². The molecule has 2 aromatic carbocycles. The lowest BCUT2D eigenvalue weighted by molar-refractivity contribution is 0.282. The van der Waals surface area contributed by atoms with Crippen LogP contribution in [0.5, 0.6) is 0 Å². The Labute approximate surface area is 118 Å². The summed E-state index contributed by atoms with van der Waals surface area (Å²) in [4.78, 5) is 0. The van der Waals surface area contributed by atoms with Crippen LogP contribution in [0.15, 0.2) is 60.0 Å². The molecule has 0 saturated carbocycles. The van der Waals surface area contributed by atoms with E-state index in [1.165, 1.54) is 6.08 Å². The minimum atomic E-state index is -3.57. The summed E-state index contributed by atoms with van der Waals surface area (Å²) >= 11 is 0. The number of rotatable bonds is 5. The van der Waals surface area contributed by atoms with Crippen LogP contribution in [0.3, 0.4) is 0 Å². The molecule has 2 N–H and O–H groups in total. The van der Waals surface area contributed by atoms with E-state index >= 15 is 0 Å². The summed E-state index contributed by atoms with van der Waals surface area (Å²) in [5.41, 5.74) is 1.88. The first-order valence-electron chi connectivity index (χ1n) is 6.05. The minimum Gasteiger partial charge on any atom is -0.392 e. The molecule has 4 nitrogen and oxygen atoms in total. The van der Waals surface area contributed by atoms with Crippen LogP contribution < -0.4 is 4.72 Å². The Morgan fingerprint density at radius 2 is 1.80 bits per heavy atom. The predicted octanol–water partition coefficient (Wildman–Crippen LogP) is 2.59. The van der Waals surface area contributed by atoms with Gasteiger partial charge in [-0.05, 0) is 29.3 Å². The molecule has 5 heteroatoms. The molecule has 2 rings (SSSR count). The van der Waals surface area contributed by atoms with E-state index in [9.17, 15) is 8.42 Å². The van der Waals surface area contributed by atoms with Gasteiger partial charge in [0.1, 0.15) is 0 Å². The Kier molecular flexibility index (Phi) is 4.55. The highest BCUT2D eigenvalue weighted by molar-refractivity contribution is 7.95. The van der Waals surface area contributed by atoms with E-state index in [0.29, 0.717) is 11.3 Å². The fourth-order valence-electron chi connectivity index (χ4n) is 1.66. The molecule has 0 heterocycles. The van der Waals surface area contributed by atoms with E-state index in [0.717, 1.165) is 11.0 Å². The van der Waals surface area contributed by atoms with Gasteiger partial charge in [0, 0.05) is 5.69 Å². The molecule has 0 bridgehead atoms. The van der Waals surface area contributed by atoms with Gasteiger partial charge in [0.2, 0.25) is 0 Å². The maximum absolute atomic E-state index is 11.9. The van der Waals surface area contributed by atoms with Crippen molar-refractivity contribution in [3.63, 3.8) is 0 Å². The molecule has 0 aliphatic heterocycles. The number of hydrogen-bond acceptors (Lipinski definition) is 3. The summed E-state index contributed by atoms with van der Waals surface area (Å²) in [5, 5.41) is 10.1. The molecule has 0 aromatic heterocycles. The van der Waals surface area contributed by atoms with Crippen LogP contribution in [0.2, 0.25) is 0 Å². The molecule has 0 aliphatic carbocycles. The number of sulfonamides is 1. The number of benzene rings is 2. The fourth-order valence-corrected chi connectivity index (χ4v) is 2.52. The molecule has 0 radical (unpaired) electrons. The van der Waals surface area contributed by atoms with Gasteiger partial charge in [-0.15, -0.1) is 0 Å². The van der Waals surface area contributed by atoms with Crippen molar-refractivity contribution < 1.29 is 13.5 Å². The minimum absolute atomic E-state index is 0.130. The van der Waals surface area contributed by atoms with Crippen molar-refractivity contribution in [3.8, 4) is 0 Å². The third kappa shape index (κ3) is 4.22. The topological polar surface area (TPSA) is 66.4 Å². The second kappa shape index (κ2) is 6.36. The number of nitrogens with one attached hydrogen (secondary N) is 1. The first kappa shape index (κ1) is 14.3. The second-order valence-corrected chi connectivity index (χ2v) is 5.79. The monoisotopic (exact) mass is 289 g/mol. The molecule has 0 unspecified atom stereocenters. The largest absolute Gasteiger partial charge is 0.392 e. The van der Waals surface area contributed by atoms with Crippen molar-refractivity contribution in [3.05, 3.63) is 71.1 Å². The smallest absolute Gasteiger partial charge is 0.255 e. The van der Waals surface area contributed by atoms with Gasteiger partial charge >= 0.3 is 0 Å². The summed E-state index contributed by atoms with van der Waals surface area (Å²) in [6.45, 7) is -0.130. The van der Waals surface area contributed by atoms with Gasteiger partial charge in [-0.2, -0.15) is 0 Å². The van der Waals surface area contributed by atoms with Gasteiger partial charge in [0.25, 0.3) is 10.0 Å². The van der Waals surface area contributed by atoms with Crippen LogP contribution in [0.4, 0.5) is 5.69 Å². The van der Waals surface area contributed by atoms with Gasteiger partial charge in [-0.3, -0.25) is 4.72 Å². The van der Waals surface area contributed by atoms with Crippen molar-refractivity contribution in [1.29, 1.82) is 0 Å². The molecule has 0 atom stereocenters. The molecule has 2 aromatic rings. The quantitative estimate of drug-likeness (QED) is 0.889. The molecule has 104 valence electrons. The van der Waals surface area contributed by atoms with Gasteiger partial charge in [0.05, 0.1) is 12.0 Å². The van der Waals surface area contributed by atoms with Gasteiger partial charge in [-0.1, -0.05) is 42.5 Å². The van der Waals surface area contributed by atoms with Crippen molar-refractivity contribution in [2.45, 2.75) is 6.61 Å². The summed E-state index contributed by atoms with van der Waals surface area (Å²) in [6, 6.07) is 15.8. The van der Waals surface area contributed by atoms with Crippen LogP contribution in [-0.4, -0.2) is 13.5 Å². The highest BCUT2D eigenvalue weighted by Gasteiger charge is 2.05. The third-order valence-electron chi connectivity index (χ3n) is 2.61. The molecule has 0 amide bonds. The van der Waals surface area contributed by atoms with E-state index in [4.69, 9.17) is 5.11 Å². The summed E-state index contributed by atoms with van der Waals surface area (Å²) in [6.07, 6.45) is 1.53. The van der Waals surface area contributed by atoms with Crippen LogP contribution >= 0.6 is 0 Å². The average molecular weight is 289 g/mol. The second-order valence-electron chi connectivity index (χ2n) is 4.22. The van der Waals surface area contributed by atoms with E-state index in [-0.39, 0.29) is 6.61 Å². The zero-order valence-electron chi connectivity index (χ0n) is 10.7. The Balaban J connectivity index is 2.13. The summed E-state index contributed by atoms with van der Waals surface area (Å²) in [7, 11) is -3.57. The predicted molar refractivity (Wildman–Crippen MR) is 80.4 cm³/mol. The first-order chi connectivity index (χ1) is 9.59. The lowest BCUT2D eigenvalue weighted by Crippen LogP contribution is -2.08. The van der Waals surface area contributed by atoms with Crippen LogP contribution in [-0.2, 0) is 16.6 Å². The summed E-state index contributed by atoms with van der Waals surface area (Å²) < 4.78 is 26.3. The molecular formula is C15H15NO3S. The molecule has 0 saturated heterocycles. The van der Waals surface area contributed by atoms with Crippen molar-refractivity contribution in [2.75, 3.05) is 4.72 Å². The maximum Gasteiger partial charge on any atom is 0.255 e. The lowest BCUT2D eigenvalue weighted by Gasteiger charge is -2.05. The van der Waals surface area contributed by atoms with Crippen molar-refractivity contribution >= 4 is 21.8 Å². The third-order valence-corrected chi connectivity index (χ3v) is 3.62. The Morgan fingerprint density at radius 1 is 1.05 bits per heavy atom. The zero-order valence-corrected chi connectivity index (χ0v) is 11.5. The first-order valence-corrected chi connectivity index (χ1v) is 7.59. The Hall–Kier alpha value is -2.11. The standard InChI is InChI=1S/C15H15NO3S/c17-12-14-7-4-8-15(11-14)16-20(18,19)10-9-13-5-2-1-3-6-13/h1-11,16-17H,12H2/b10-9+. The van der Waals surface area contributed by atoms with E-state index in [1.807, 2.05) is 30.3 Å². The SMILES string of the molecule is O=S(=O)(/C=C/c1ccccc1)Nc1cccc(CO)c1. The van der Waals surface area contributed by atoms with Gasteiger partial charge < -0.3 is 5.11 Å². The van der Waals surface area contributed by atoms with E-state index in [1.54, 1.807) is 24.3 Å². The Morgan fingerprint density at radius 3 is 2.50 bits per heavy atom. The maximum atomic E-state index is 11.9. The Bertz CT molecular complexity index is 694. The molecule has 0 aliphatic rings. The highest BCUT2D eigenvalue weighted by Crippen LogP contribution is 2.13. The highest BCUT2D eigenvalue weighted by atomic mass is 32.2. The van der Waals surface area contributed by atoms with E-state index < -0.39 is 10.0 Å². The molecule has 0 spiro atoms. The zero-order chi connectivity index (χ0) is 14.4. The summed E-state index contributed by atoms with van der Waals surface area (Å²) in [5.74, 6) is 0. The number of aliphatic hydroxyl groups is 1.